The summed E-state index contributed by atoms with van der Waals surface area (Å²) in [6, 6.07) is 18.8. The maximum Gasteiger partial charge on any atom is 0.271 e. The molecule has 5 rings (SSSR count). The van der Waals surface area contributed by atoms with Crippen molar-refractivity contribution in [3.8, 4) is 11.5 Å². The van der Waals surface area contributed by atoms with Crippen LogP contribution in [0, 0.1) is 0 Å². The normalized spacial score (nSPS) is 15.6. The van der Waals surface area contributed by atoms with E-state index < -0.39 is 6.04 Å². The lowest BCUT2D eigenvalue weighted by molar-refractivity contribution is -0.114. The van der Waals surface area contributed by atoms with Gasteiger partial charge in [-0.05, 0) is 49.8 Å². The number of Topliss-reactive ketones (excluding diaryl/α,β-unsaturated/α-hetero) is 1. The lowest BCUT2D eigenvalue weighted by Gasteiger charge is -2.25. The van der Waals surface area contributed by atoms with Crippen LogP contribution in [0.1, 0.15) is 37.9 Å². The summed E-state index contributed by atoms with van der Waals surface area (Å²) in [6.45, 7) is 5.77. The average molecular weight is 499 g/mol. The number of ketones is 1. The maximum atomic E-state index is 13.9. The first-order chi connectivity index (χ1) is 17.4. The molecular weight excluding hydrogens is 472 g/mol. The summed E-state index contributed by atoms with van der Waals surface area (Å²) < 4.78 is 13.7. The van der Waals surface area contributed by atoms with Crippen molar-refractivity contribution in [2.45, 2.75) is 26.8 Å². The predicted octanol–water partition coefficient (Wildman–Crippen LogP) is 4.38. The van der Waals surface area contributed by atoms with E-state index in [0.29, 0.717) is 38.7 Å². The number of carbonyl (C=O) groups excluding carboxylic acids is 1. The summed E-state index contributed by atoms with van der Waals surface area (Å²) in [7, 11) is 1.59. The van der Waals surface area contributed by atoms with Gasteiger partial charge in [0.15, 0.2) is 10.6 Å². The van der Waals surface area contributed by atoms with Crippen LogP contribution >= 0.6 is 11.3 Å². The Morgan fingerprint density at radius 2 is 1.83 bits per heavy atom. The quantitative estimate of drug-likeness (QED) is 0.396. The monoisotopic (exact) mass is 498 g/mol. The van der Waals surface area contributed by atoms with Gasteiger partial charge in [0.1, 0.15) is 11.5 Å². The Morgan fingerprint density at radius 1 is 1.08 bits per heavy atom. The van der Waals surface area contributed by atoms with E-state index in [0.717, 1.165) is 21.9 Å². The maximum absolute atomic E-state index is 13.9. The minimum Gasteiger partial charge on any atom is -0.496 e. The number of methoxy groups -OCH3 is 1. The fraction of sp³-hybridized carbons (Fsp3) is 0.207. The predicted molar refractivity (Wildman–Crippen MR) is 143 cm³/mol. The second-order valence-electron chi connectivity index (χ2n) is 8.51. The van der Waals surface area contributed by atoms with Gasteiger partial charge in [0.2, 0.25) is 0 Å². The first kappa shape index (κ1) is 23.8. The topological polar surface area (TPSA) is 69.9 Å². The van der Waals surface area contributed by atoms with Crippen LogP contribution in [0.4, 0.5) is 0 Å². The number of allylic oxidation sites excluding steroid dienone is 2. The van der Waals surface area contributed by atoms with E-state index in [1.807, 2.05) is 80.6 Å². The number of fused-ring (bicyclic) bond motifs is 2. The number of thiazole rings is 1. The van der Waals surface area contributed by atoms with Crippen molar-refractivity contribution >= 4 is 34.0 Å². The van der Waals surface area contributed by atoms with Crippen molar-refractivity contribution in [2.75, 3.05) is 13.7 Å². The minimum atomic E-state index is -0.629. The standard InChI is InChI=1S/C29H26N2O4S/c1-5-35-24-15-14-19-10-6-7-11-20(19)22(24)16-25-28(33)31-27(21-12-8-9-13-23(21)34-4)26(18(3)32)17(2)30-29(31)36-25/h6-16,27H,5H2,1-4H3/b25-16-. The van der Waals surface area contributed by atoms with Gasteiger partial charge in [-0.15, -0.1) is 0 Å². The zero-order valence-electron chi connectivity index (χ0n) is 20.6. The van der Waals surface area contributed by atoms with Crippen LogP contribution in [-0.4, -0.2) is 24.1 Å². The third kappa shape index (κ3) is 3.95. The van der Waals surface area contributed by atoms with Crippen LogP contribution in [0.2, 0.25) is 0 Å². The molecule has 0 saturated heterocycles. The zero-order chi connectivity index (χ0) is 25.4. The van der Waals surface area contributed by atoms with Gasteiger partial charge in [-0.1, -0.05) is 59.9 Å². The molecule has 0 bridgehead atoms. The number of rotatable bonds is 6. The summed E-state index contributed by atoms with van der Waals surface area (Å²) in [5, 5.41) is 2.05. The lowest BCUT2D eigenvalue weighted by atomic mass is 9.93. The van der Waals surface area contributed by atoms with Crippen molar-refractivity contribution < 1.29 is 14.3 Å². The molecule has 4 aromatic rings. The summed E-state index contributed by atoms with van der Waals surface area (Å²) in [6.07, 6.45) is 1.88. The van der Waals surface area contributed by atoms with Gasteiger partial charge in [-0.3, -0.25) is 14.2 Å². The molecule has 0 saturated carbocycles. The number of para-hydroxylation sites is 1. The number of carbonyl (C=O) groups is 1. The number of nitrogens with zero attached hydrogens (tertiary/aromatic N) is 2. The summed E-state index contributed by atoms with van der Waals surface area (Å²) in [5.41, 5.74) is 2.46. The summed E-state index contributed by atoms with van der Waals surface area (Å²) in [4.78, 5) is 31.9. The van der Waals surface area contributed by atoms with Gasteiger partial charge in [-0.25, -0.2) is 4.99 Å². The van der Waals surface area contributed by atoms with Crippen LogP contribution < -0.4 is 24.4 Å². The van der Waals surface area contributed by atoms with E-state index in [1.165, 1.54) is 18.3 Å². The number of hydrogen-bond acceptors (Lipinski definition) is 6. The van der Waals surface area contributed by atoms with Gasteiger partial charge < -0.3 is 9.47 Å². The van der Waals surface area contributed by atoms with Gasteiger partial charge in [0.05, 0.1) is 24.3 Å². The second-order valence-corrected chi connectivity index (χ2v) is 9.52. The van der Waals surface area contributed by atoms with Gasteiger partial charge in [0, 0.05) is 22.4 Å². The number of hydrogen-bond donors (Lipinski definition) is 0. The number of benzene rings is 3. The molecule has 1 aliphatic rings. The van der Waals surface area contributed by atoms with E-state index in [2.05, 4.69) is 4.99 Å². The highest BCUT2D eigenvalue weighted by atomic mass is 32.1. The Hall–Kier alpha value is -3.97. The summed E-state index contributed by atoms with van der Waals surface area (Å²) in [5.74, 6) is 1.19. The highest BCUT2D eigenvalue weighted by Crippen LogP contribution is 2.35. The molecule has 1 unspecified atom stereocenters. The second kappa shape index (κ2) is 9.59. The molecule has 3 aromatic carbocycles. The fourth-order valence-corrected chi connectivity index (χ4v) is 5.82. The van der Waals surface area contributed by atoms with Crippen LogP contribution in [0.25, 0.3) is 16.8 Å². The van der Waals surface area contributed by atoms with Crippen molar-refractivity contribution in [2.24, 2.45) is 4.99 Å². The van der Waals surface area contributed by atoms with Crippen LogP contribution in [-0.2, 0) is 4.79 Å². The Kier molecular flexibility index (Phi) is 6.33. The molecule has 1 atom stereocenters. The molecule has 2 heterocycles. The lowest BCUT2D eigenvalue weighted by Crippen LogP contribution is -2.39. The molecule has 7 heteroatoms. The Morgan fingerprint density at radius 3 is 2.58 bits per heavy atom. The van der Waals surface area contributed by atoms with Crippen molar-refractivity contribution in [3.05, 3.63) is 103 Å². The van der Waals surface area contributed by atoms with Gasteiger partial charge >= 0.3 is 0 Å². The molecular formula is C29H26N2O4S. The molecule has 0 radical (unpaired) electrons. The number of aromatic nitrogens is 1. The van der Waals surface area contributed by atoms with Gasteiger partial charge in [0.25, 0.3) is 5.56 Å². The Balaban J connectivity index is 1.82. The first-order valence-electron chi connectivity index (χ1n) is 11.8. The molecule has 182 valence electrons. The van der Waals surface area contributed by atoms with Crippen LogP contribution in [0.15, 0.2) is 81.7 Å². The zero-order valence-corrected chi connectivity index (χ0v) is 21.4. The smallest absolute Gasteiger partial charge is 0.271 e. The van der Waals surface area contributed by atoms with E-state index in [1.54, 1.807) is 11.7 Å². The van der Waals surface area contributed by atoms with Crippen molar-refractivity contribution in [1.82, 2.24) is 4.57 Å². The SMILES string of the molecule is CCOc1ccc2ccccc2c1/C=c1\sc2n(c1=O)C(c1ccccc1OC)C(C(C)=O)=C(C)N=2. The fourth-order valence-electron chi connectivity index (χ4n) is 4.79. The van der Waals surface area contributed by atoms with Crippen molar-refractivity contribution in [3.63, 3.8) is 0 Å². The molecule has 0 fully saturated rings. The Labute approximate surface area is 212 Å². The van der Waals surface area contributed by atoms with E-state index >= 15 is 0 Å². The highest BCUT2D eigenvalue weighted by molar-refractivity contribution is 7.07. The average Bonchev–Trinajstić information content (AvgIpc) is 3.18. The largest absolute Gasteiger partial charge is 0.496 e. The Bertz CT molecular complexity index is 1710. The third-order valence-corrected chi connectivity index (χ3v) is 7.32. The highest BCUT2D eigenvalue weighted by Gasteiger charge is 2.32. The molecule has 0 amide bonds. The molecule has 6 nitrogen and oxygen atoms in total. The minimum absolute atomic E-state index is 0.130. The molecule has 0 spiro atoms. The molecule has 0 N–H and O–H groups in total. The van der Waals surface area contributed by atoms with Crippen LogP contribution in [0.5, 0.6) is 11.5 Å². The molecule has 1 aliphatic heterocycles. The summed E-state index contributed by atoms with van der Waals surface area (Å²) >= 11 is 1.31. The van der Waals surface area contributed by atoms with Crippen LogP contribution in [0.3, 0.4) is 0 Å². The van der Waals surface area contributed by atoms with E-state index in [4.69, 9.17) is 9.47 Å². The number of ether oxygens (including phenoxy) is 2. The molecule has 1 aromatic heterocycles. The molecule has 36 heavy (non-hydrogen) atoms. The van der Waals surface area contributed by atoms with Crippen molar-refractivity contribution in [1.29, 1.82) is 0 Å². The first-order valence-corrected chi connectivity index (χ1v) is 12.6. The van der Waals surface area contributed by atoms with E-state index in [-0.39, 0.29) is 11.3 Å². The third-order valence-electron chi connectivity index (χ3n) is 6.34. The molecule has 0 aliphatic carbocycles. The van der Waals surface area contributed by atoms with E-state index in [9.17, 15) is 9.59 Å². The van der Waals surface area contributed by atoms with Gasteiger partial charge in [-0.2, -0.15) is 0 Å².